The van der Waals surface area contributed by atoms with Crippen molar-refractivity contribution in [3.8, 4) is 23.0 Å². The first kappa shape index (κ1) is 26.0. The molecule has 206 valence electrons. The molecule has 2 aromatic heterocycles. The Balaban J connectivity index is 1.39. The topological polar surface area (TPSA) is 94.9 Å². The molecule has 2 saturated heterocycles. The number of anilines is 1. The summed E-state index contributed by atoms with van der Waals surface area (Å²) in [6, 6.07) is 14.0. The number of carbonyl (C=O) groups is 1. The molecule has 0 radical (unpaired) electrons. The number of piperazine rings is 1. The number of hydrogen-bond acceptors (Lipinski definition) is 8. The molecule has 9 heteroatoms. The second-order valence-electron chi connectivity index (χ2n) is 10.6. The Hall–Kier alpha value is -4.24. The molecule has 0 bridgehead atoms. The van der Waals surface area contributed by atoms with Gasteiger partial charge in [-0.05, 0) is 61.5 Å². The lowest BCUT2D eigenvalue weighted by Gasteiger charge is -2.35. The van der Waals surface area contributed by atoms with E-state index in [1.54, 1.807) is 23.2 Å². The monoisotopic (exact) mass is 538 g/mol. The molecule has 1 atom stereocenters. The zero-order chi connectivity index (χ0) is 27.6. The van der Waals surface area contributed by atoms with Crippen molar-refractivity contribution in [1.82, 2.24) is 24.8 Å². The maximum absolute atomic E-state index is 12.1. The van der Waals surface area contributed by atoms with Gasteiger partial charge in [0.2, 0.25) is 5.91 Å². The van der Waals surface area contributed by atoms with Crippen molar-refractivity contribution in [2.24, 2.45) is 0 Å². The minimum Gasteiger partial charge on any atom is -0.508 e. The fourth-order valence-electron chi connectivity index (χ4n) is 5.74. The molecule has 2 aromatic carbocycles. The molecule has 4 heterocycles. The van der Waals surface area contributed by atoms with Gasteiger partial charge in [-0.2, -0.15) is 9.97 Å². The Labute approximate surface area is 233 Å². The number of ether oxygens (including phenoxy) is 1. The van der Waals surface area contributed by atoms with E-state index in [0.717, 1.165) is 46.0 Å². The zero-order valence-electron chi connectivity index (χ0n) is 22.8. The molecular formula is C31H34N6O3. The Morgan fingerprint density at radius 3 is 2.70 bits per heavy atom. The summed E-state index contributed by atoms with van der Waals surface area (Å²) in [5.41, 5.74) is 2.27. The van der Waals surface area contributed by atoms with E-state index >= 15 is 0 Å². The van der Waals surface area contributed by atoms with Gasteiger partial charge in [0.1, 0.15) is 18.2 Å². The van der Waals surface area contributed by atoms with Gasteiger partial charge in [-0.3, -0.25) is 9.78 Å². The van der Waals surface area contributed by atoms with Crippen LogP contribution in [0.3, 0.4) is 0 Å². The van der Waals surface area contributed by atoms with Crippen LogP contribution >= 0.6 is 0 Å². The first-order valence-electron chi connectivity index (χ1n) is 13.9. The third-order valence-corrected chi connectivity index (χ3v) is 8.06. The molecule has 4 aromatic rings. The summed E-state index contributed by atoms with van der Waals surface area (Å²) in [7, 11) is 2.14. The number of phenols is 1. The van der Waals surface area contributed by atoms with E-state index in [1.807, 2.05) is 30.3 Å². The van der Waals surface area contributed by atoms with E-state index in [-0.39, 0.29) is 11.7 Å². The second-order valence-corrected chi connectivity index (χ2v) is 10.6. The summed E-state index contributed by atoms with van der Waals surface area (Å²) in [5, 5.41) is 13.2. The van der Waals surface area contributed by atoms with Gasteiger partial charge in [0.15, 0.2) is 0 Å². The molecule has 0 aliphatic carbocycles. The average molecular weight is 539 g/mol. The number of phenolic OH excluding ortho intramolecular Hbond substituents is 1. The van der Waals surface area contributed by atoms with E-state index in [2.05, 4.69) is 23.4 Å². The van der Waals surface area contributed by atoms with Crippen LogP contribution in [-0.2, 0) is 4.79 Å². The smallest absolute Gasteiger partial charge is 0.319 e. The molecule has 2 aliphatic heterocycles. The van der Waals surface area contributed by atoms with Crippen LogP contribution in [0.25, 0.3) is 32.9 Å². The maximum atomic E-state index is 12.1. The highest BCUT2D eigenvalue weighted by molar-refractivity contribution is 5.99. The lowest BCUT2D eigenvalue weighted by atomic mass is 10.0. The number of fused-ring (bicyclic) bond motifs is 2. The van der Waals surface area contributed by atoms with Crippen molar-refractivity contribution in [3.63, 3.8) is 0 Å². The maximum Gasteiger partial charge on any atom is 0.319 e. The highest BCUT2D eigenvalue weighted by atomic mass is 16.5. The summed E-state index contributed by atoms with van der Waals surface area (Å²) in [4.78, 5) is 32.9. The highest BCUT2D eigenvalue weighted by Crippen LogP contribution is 2.34. The number of pyridine rings is 1. The summed E-state index contributed by atoms with van der Waals surface area (Å²) < 4.78 is 6.24. The van der Waals surface area contributed by atoms with Gasteiger partial charge in [-0.25, -0.2) is 0 Å². The first-order valence-corrected chi connectivity index (χ1v) is 13.9. The van der Waals surface area contributed by atoms with Gasteiger partial charge >= 0.3 is 6.01 Å². The molecular weight excluding hydrogens is 504 g/mol. The lowest BCUT2D eigenvalue weighted by Crippen LogP contribution is -2.48. The van der Waals surface area contributed by atoms with Crippen LogP contribution in [0.1, 0.15) is 19.3 Å². The minimum absolute atomic E-state index is 0.0579. The van der Waals surface area contributed by atoms with Crippen molar-refractivity contribution < 1.29 is 14.6 Å². The molecule has 6 rings (SSSR count). The van der Waals surface area contributed by atoms with E-state index in [0.29, 0.717) is 50.5 Å². The number of rotatable bonds is 6. The molecule has 2 aliphatic rings. The van der Waals surface area contributed by atoms with Gasteiger partial charge in [0, 0.05) is 44.0 Å². The summed E-state index contributed by atoms with van der Waals surface area (Å²) in [5.74, 6) is 0.881. The van der Waals surface area contributed by atoms with Crippen LogP contribution in [0.5, 0.6) is 11.8 Å². The molecule has 0 saturated carbocycles. The first-order chi connectivity index (χ1) is 19.5. The third kappa shape index (κ3) is 5.16. The van der Waals surface area contributed by atoms with Crippen LogP contribution in [0, 0.1) is 0 Å². The number of nitrogens with zero attached hydrogens (tertiary/aromatic N) is 6. The van der Waals surface area contributed by atoms with E-state index < -0.39 is 0 Å². The number of hydrogen-bond donors (Lipinski definition) is 1. The number of aromatic hydroxyl groups is 1. The Kier molecular flexibility index (Phi) is 7.21. The van der Waals surface area contributed by atoms with Crippen molar-refractivity contribution in [3.05, 3.63) is 61.3 Å². The van der Waals surface area contributed by atoms with E-state index in [1.165, 1.54) is 18.9 Å². The Morgan fingerprint density at radius 2 is 1.90 bits per heavy atom. The number of aromatic nitrogens is 3. The standard InChI is InChI=1S/C31H34N6O3/c1-3-29(39)36-12-14-37(15-13-36)30-26-19-32-27(25-17-23(38)16-21-8-4-5-10-24(21)25)18-28(26)33-31(34-30)40-20-22-9-6-7-11-35(22)2/h3-5,8,10,16-19,22,38H,1,6-7,9,11-15,20H2,2H3/t22-/m0/s1. The van der Waals surface area contributed by atoms with Crippen LogP contribution in [0.15, 0.2) is 61.3 Å². The summed E-state index contributed by atoms with van der Waals surface area (Å²) >= 11 is 0. The van der Waals surface area contributed by atoms with Crippen molar-refractivity contribution in [2.45, 2.75) is 25.3 Å². The number of likely N-dealkylation sites (N-methyl/N-ethyl adjacent to an activating group) is 1. The fourth-order valence-corrected chi connectivity index (χ4v) is 5.74. The van der Waals surface area contributed by atoms with Crippen LogP contribution < -0.4 is 9.64 Å². The zero-order valence-corrected chi connectivity index (χ0v) is 22.8. The predicted octanol–water partition coefficient (Wildman–Crippen LogP) is 4.25. The Morgan fingerprint density at radius 1 is 1.07 bits per heavy atom. The SMILES string of the molecule is C=CC(=O)N1CCN(c2nc(OC[C@@H]3CCCCN3C)nc3cc(-c4cc(O)cc5ccccc45)ncc23)CC1. The third-order valence-electron chi connectivity index (χ3n) is 8.06. The molecule has 2 fully saturated rings. The number of likely N-dealkylation sites (tertiary alicyclic amines) is 1. The second kappa shape index (κ2) is 11.1. The van der Waals surface area contributed by atoms with Gasteiger partial charge in [-0.15, -0.1) is 0 Å². The molecule has 0 spiro atoms. The predicted molar refractivity (Wildman–Crippen MR) is 157 cm³/mol. The minimum atomic E-state index is -0.0579. The van der Waals surface area contributed by atoms with Crippen LogP contribution in [-0.4, -0.2) is 88.2 Å². The van der Waals surface area contributed by atoms with Gasteiger partial charge < -0.3 is 24.5 Å². The molecule has 9 nitrogen and oxygen atoms in total. The number of amides is 1. The Bertz CT molecular complexity index is 1570. The quantitative estimate of drug-likeness (QED) is 0.364. The number of carbonyl (C=O) groups excluding carboxylic acids is 1. The molecule has 1 N–H and O–H groups in total. The van der Waals surface area contributed by atoms with Gasteiger partial charge in [0.05, 0.1) is 16.6 Å². The average Bonchev–Trinajstić information content (AvgIpc) is 2.99. The normalized spacial score (nSPS) is 18.3. The fraction of sp³-hybridized carbons (Fsp3) is 0.355. The van der Waals surface area contributed by atoms with Gasteiger partial charge in [0.25, 0.3) is 0 Å². The van der Waals surface area contributed by atoms with Crippen molar-refractivity contribution in [2.75, 3.05) is 51.3 Å². The molecule has 1 amide bonds. The van der Waals surface area contributed by atoms with Crippen molar-refractivity contribution in [1.29, 1.82) is 0 Å². The number of piperidine rings is 1. The van der Waals surface area contributed by atoms with E-state index in [9.17, 15) is 9.90 Å². The van der Waals surface area contributed by atoms with Crippen LogP contribution in [0.2, 0.25) is 0 Å². The summed E-state index contributed by atoms with van der Waals surface area (Å²) in [6.45, 7) is 7.65. The lowest BCUT2D eigenvalue weighted by molar-refractivity contribution is -0.126. The number of benzene rings is 2. The largest absolute Gasteiger partial charge is 0.508 e. The van der Waals surface area contributed by atoms with Crippen LogP contribution in [0.4, 0.5) is 5.82 Å². The van der Waals surface area contributed by atoms with Gasteiger partial charge in [-0.1, -0.05) is 37.3 Å². The molecule has 0 unspecified atom stereocenters. The highest BCUT2D eigenvalue weighted by Gasteiger charge is 2.25. The van der Waals surface area contributed by atoms with Crippen molar-refractivity contribution >= 4 is 33.4 Å². The molecule has 40 heavy (non-hydrogen) atoms. The summed E-state index contributed by atoms with van der Waals surface area (Å²) in [6.07, 6.45) is 6.67. The van der Waals surface area contributed by atoms with E-state index in [4.69, 9.17) is 19.7 Å².